The van der Waals surface area contributed by atoms with Crippen molar-refractivity contribution in [1.82, 2.24) is 15.2 Å². The summed E-state index contributed by atoms with van der Waals surface area (Å²) in [5.74, 6) is 0.0499. The fourth-order valence-electron chi connectivity index (χ4n) is 3.79. The summed E-state index contributed by atoms with van der Waals surface area (Å²) in [6.45, 7) is 6.97. The molecule has 1 fully saturated rings. The van der Waals surface area contributed by atoms with Crippen molar-refractivity contribution >= 4 is 23.6 Å². The molecule has 2 aromatic rings. The predicted octanol–water partition coefficient (Wildman–Crippen LogP) is 3.39. The molecule has 0 bridgehead atoms. The molecule has 1 aliphatic heterocycles. The van der Waals surface area contributed by atoms with E-state index in [4.69, 9.17) is 9.47 Å². The molecule has 2 heterocycles. The number of carbonyl (C=O) groups is 3. The lowest BCUT2D eigenvalue weighted by Crippen LogP contribution is -2.39. The minimum atomic E-state index is -0.608. The SMILES string of the molecule is COc1ccc(N2CC(C(=O)NCCCN(Cc3cccnc3)C(=O)OC(C)(C)C)CC2=O)cc1. The van der Waals surface area contributed by atoms with Gasteiger partial charge in [0.25, 0.3) is 0 Å². The smallest absolute Gasteiger partial charge is 0.410 e. The fourth-order valence-corrected chi connectivity index (χ4v) is 3.79. The molecule has 1 saturated heterocycles. The number of anilines is 1. The van der Waals surface area contributed by atoms with Crippen molar-refractivity contribution in [3.63, 3.8) is 0 Å². The van der Waals surface area contributed by atoms with Crippen LogP contribution in [0.4, 0.5) is 10.5 Å². The molecule has 1 unspecified atom stereocenters. The highest BCUT2D eigenvalue weighted by molar-refractivity contribution is 6.00. The summed E-state index contributed by atoms with van der Waals surface area (Å²) in [6, 6.07) is 10.9. The number of hydrogen-bond acceptors (Lipinski definition) is 6. The number of methoxy groups -OCH3 is 1. The molecule has 1 aromatic heterocycles. The molecule has 0 radical (unpaired) electrons. The average Bonchev–Trinajstić information content (AvgIpc) is 3.22. The summed E-state index contributed by atoms with van der Waals surface area (Å²) in [4.78, 5) is 45.2. The number of carbonyl (C=O) groups excluding carboxylic acids is 3. The van der Waals surface area contributed by atoms with Gasteiger partial charge in [0.15, 0.2) is 0 Å². The normalized spacial score (nSPS) is 15.6. The number of nitrogens with zero attached hydrogens (tertiary/aromatic N) is 3. The fraction of sp³-hybridized carbons (Fsp3) is 0.462. The summed E-state index contributed by atoms with van der Waals surface area (Å²) in [5.41, 5.74) is 1.03. The Morgan fingerprint density at radius 1 is 1.20 bits per heavy atom. The van der Waals surface area contributed by atoms with Crippen molar-refractivity contribution in [3.8, 4) is 5.75 Å². The number of pyridine rings is 1. The quantitative estimate of drug-likeness (QED) is 0.550. The van der Waals surface area contributed by atoms with Gasteiger partial charge in [-0.05, 0) is 63.1 Å². The lowest BCUT2D eigenvalue weighted by molar-refractivity contribution is -0.126. The van der Waals surface area contributed by atoms with Crippen LogP contribution < -0.4 is 15.0 Å². The largest absolute Gasteiger partial charge is 0.497 e. The Hall–Kier alpha value is -3.62. The minimum absolute atomic E-state index is 0.0807. The first-order valence-electron chi connectivity index (χ1n) is 11.8. The van der Waals surface area contributed by atoms with Crippen LogP contribution in [-0.2, 0) is 20.9 Å². The van der Waals surface area contributed by atoms with Gasteiger partial charge in [-0.15, -0.1) is 0 Å². The standard InChI is InChI=1S/C26H34N4O5/c1-26(2,3)35-25(33)29(17-19-7-5-12-27-16-19)14-6-13-28-24(32)20-15-23(31)30(18-20)21-8-10-22(34-4)11-9-21/h5,7-12,16,20H,6,13-15,17-18H2,1-4H3,(H,28,32). The van der Waals surface area contributed by atoms with Gasteiger partial charge in [0, 0.05) is 44.1 Å². The zero-order chi connectivity index (χ0) is 25.4. The third-order valence-corrected chi connectivity index (χ3v) is 5.53. The van der Waals surface area contributed by atoms with Crippen LogP contribution in [0, 0.1) is 5.92 Å². The van der Waals surface area contributed by atoms with Crippen molar-refractivity contribution < 1.29 is 23.9 Å². The van der Waals surface area contributed by atoms with E-state index >= 15 is 0 Å². The summed E-state index contributed by atoms with van der Waals surface area (Å²) in [6.07, 6.45) is 3.70. The van der Waals surface area contributed by atoms with Gasteiger partial charge < -0.3 is 24.6 Å². The molecular weight excluding hydrogens is 448 g/mol. The van der Waals surface area contributed by atoms with Gasteiger partial charge in [0.1, 0.15) is 11.4 Å². The number of aromatic nitrogens is 1. The summed E-state index contributed by atoms with van der Waals surface area (Å²) < 4.78 is 10.7. The molecule has 1 aromatic carbocycles. The molecule has 0 saturated carbocycles. The van der Waals surface area contributed by atoms with E-state index in [0.29, 0.717) is 38.3 Å². The van der Waals surface area contributed by atoms with Crippen LogP contribution in [0.1, 0.15) is 39.2 Å². The Balaban J connectivity index is 1.50. The predicted molar refractivity (Wildman–Crippen MR) is 132 cm³/mol. The van der Waals surface area contributed by atoms with E-state index < -0.39 is 17.6 Å². The van der Waals surface area contributed by atoms with Gasteiger partial charge in [-0.25, -0.2) is 4.79 Å². The van der Waals surface area contributed by atoms with E-state index in [2.05, 4.69) is 10.3 Å². The van der Waals surface area contributed by atoms with Crippen LogP contribution in [0.15, 0.2) is 48.8 Å². The van der Waals surface area contributed by atoms with Crippen LogP contribution >= 0.6 is 0 Å². The minimum Gasteiger partial charge on any atom is -0.497 e. The van der Waals surface area contributed by atoms with Crippen LogP contribution in [0.5, 0.6) is 5.75 Å². The van der Waals surface area contributed by atoms with E-state index in [-0.39, 0.29) is 18.2 Å². The molecule has 9 heteroatoms. The van der Waals surface area contributed by atoms with Crippen molar-refractivity contribution in [2.45, 2.75) is 45.8 Å². The first-order valence-corrected chi connectivity index (χ1v) is 11.8. The Bertz CT molecular complexity index is 1000. The lowest BCUT2D eigenvalue weighted by Gasteiger charge is -2.27. The van der Waals surface area contributed by atoms with Gasteiger partial charge in [-0.1, -0.05) is 6.07 Å². The topological polar surface area (TPSA) is 101 Å². The second-order valence-electron chi connectivity index (χ2n) is 9.51. The molecule has 3 amide bonds. The van der Waals surface area contributed by atoms with Crippen molar-refractivity contribution in [3.05, 3.63) is 54.4 Å². The summed E-state index contributed by atoms with van der Waals surface area (Å²) in [7, 11) is 1.59. The number of ether oxygens (including phenoxy) is 2. The maximum Gasteiger partial charge on any atom is 0.410 e. The molecule has 188 valence electrons. The number of rotatable bonds is 9. The number of nitrogens with one attached hydrogen (secondary N) is 1. The van der Waals surface area contributed by atoms with E-state index in [0.717, 1.165) is 11.3 Å². The zero-order valence-electron chi connectivity index (χ0n) is 20.8. The Morgan fingerprint density at radius 2 is 1.94 bits per heavy atom. The molecule has 35 heavy (non-hydrogen) atoms. The maximum absolute atomic E-state index is 12.7. The van der Waals surface area contributed by atoms with Gasteiger partial charge in [0.05, 0.1) is 19.6 Å². The van der Waals surface area contributed by atoms with Crippen LogP contribution in [0.25, 0.3) is 0 Å². The molecule has 0 spiro atoms. The van der Waals surface area contributed by atoms with Gasteiger partial charge in [0.2, 0.25) is 11.8 Å². The maximum atomic E-state index is 12.7. The molecule has 1 aliphatic rings. The van der Waals surface area contributed by atoms with Crippen molar-refractivity contribution in [1.29, 1.82) is 0 Å². The van der Waals surface area contributed by atoms with Crippen LogP contribution in [-0.4, -0.2) is 60.1 Å². The van der Waals surface area contributed by atoms with E-state index in [1.165, 1.54) is 0 Å². The third kappa shape index (κ3) is 7.70. The highest BCUT2D eigenvalue weighted by Gasteiger charge is 2.35. The molecule has 3 rings (SSSR count). The average molecular weight is 483 g/mol. The zero-order valence-corrected chi connectivity index (χ0v) is 20.8. The second kappa shape index (κ2) is 11.7. The monoisotopic (exact) mass is 482 g/mol. The first-order chi connectivity index (χ1) is 16.7. The molecule has 1 N–H and O–H groups in total. The number of hydrogen-bond donors (Lipinski definition) is 1. The lowest BCUT2D eigenvalue weighted by atomic mass is 10.1. The molecular formula is C26H34N4O5. The molecule has 1 atom stereocenters. The number of amides is 3. The highest BCUT2D eigenvalue weighted by Crippen LogP contribution is 2.27. The summed E-state index contributed by atoms with van der Waals surface area (Å²) in [5, 5.41) is 2.91. The van der Waals surface area contributed by atoms with E-state index in [9.17, 15) is 14.4 Å². The third-order valence-electron chi connectivity index (χ3n) is 5.53. The Morgan fingerprint density at radius 3 is 2.57 bits per heavy atom. The Labute approximate surface area is 206 Å². The van der Waals surface area contributed by atoms with Crippen LogP contribution in [0.3, 0.4) is 0 Å². The van der Waals surface area contributed by atoms with Crippen LogP contribution in [0.2, 0.25) is 0 Å². The number of benzene rings is 1. The molecule has 0 aliphatic carbocycles. The molecule has 9 nitrogen and oxygen atoms in total. The summed E-state index contributed by atoms with van der Waals surface area (Å²) >= 11 is 0. The first kappa shape index (κ1) is 26.0. The van der Waals surface area contributed by atoms with E-state index in [1.54, 1.807) is 41.4 Å². The Kier molecular flexibility index (Phi) is 8.68. The van der Waals surface area contributed by atoms with Crippen molar-refractivity contribution in [2.24, 2.45) is 5.92 Å². The second-order valence-corrected chi connectivity index (χ2v) is 9.51. The van der Waals surface area contributed by atoms with Gasteiger partial charge in [-0.3, -0.25) is 14.6 Å². The van der Waals surface area contributed by atoms with E-state index in [1.807, 2.05) is 45.0 Å². The van der Waals surface area contributed by atoms with Crippen molar-refractivity contribution in [2.75, 3.05) is 31.6 Å². The highest BCUT2D eigenvalue weighted by atomic mass is 16.6. The van der Waals surface area contributed by atoms with Gasteiger partial charge >= 0.3 is 6.09 Å². The van der Waals surface area contributed by atoms with Gasteiger partial charge in [-0.2, -0.15) is 0 Å².